The molecule has 8 aromatic carbocycles. The fourth-order valence-electron chi connectivity index (χ4n) is 7.85. The van der Waals surface area contributed by atoms with E-state index in [0.717, 1.165) is 39.0 Å². The highest BCUT2D eigenvalue weighted by Gasteiger charge is 2.19. The molecule has 0 unspecified atom stereocenters. The first-order valence-corrected chi connectivity index (χ1v) is 18.9. The van der Waals surface area contributed by atoms with Gasteiger partial charge in [-0.3, -0.25) is 0 Å². The molecule has 0 atom stereocenters. The highest BCUT2D eigenvalue weighted by Crippen LogP contribution is 2.40. The van der Waals surface area contributed by atoms with Gasteiger partial charge < -0.3 is 4.57 Å². The van der Waals surface area contributed by atoms with Gasteiger partial charge in [-0.05, 0) is 64.9 Å². The quantitative estimate of drug-likeness (QED) is 0.179. The van der Waals surface area contributed by atoms with Crippen LogP contribution in [0.2, 0.25) is 0 Å². The molecule has 3 aromatic heterocycles. The molecule has 4 nitrogen and oxygen atoms in total. The second-order valence-corrected chi connectivity index (χ2v) is 14.7. The summed E-state index contributed by atoms with van der Waals surface area (Å²) in [6.07, 6.45) is 0. The maximum Gasteiger partial charge on any atom is 0.164 e. The van der Waals surface area contributed by atoms with Crippen LogP contribution >= 0.6 is 11.3 Å². The topological polar surface area (TPSA) is 43.6 Å². The Kier molecular flexibility index (Phi) is 7.00. The molecule has 0 aliphatic heterocycles. The highest BCUT2D eigenvalue weighted by molar-refractivity contribution is 7.25. The second kappa shape index (κ2) is 12.3. The third-order valence-electron chi connectivity index (χ3n) is 10.4. The van der Waals surface area contributed by atoms with Crippen molar-refractivity contribution in [2.45, 2.75) is 0 Å². The predicted octanol–water partition coefficient (Wildman–Crippen LogP) is 13.2. The molecule has 11 aromatic rings. The lowest BCUT2D eigenvalue weighted by Crippen LogP contribution is -2.02. The van der Waals surface area contributed by atoms with Crippen LogP contribution in [0.3, 0.4) is 0 Å². The van der Waals surface area contributed by atoms with Crippen molar-refractivity contribution in [3.8, 4) is 51.0 Å². The van der Waals surface area contributed by atoms with E-state index in [4.69, 9.17) is 15.0 Å². The zero-order valence-corrected chi connectivity index (χ0v) is 29.8. The lowest BCUT2D eigenvalue weighted by atomic mass is 10.00. The van der Waals surface area contributed by atoms with Crippen molar-refractivity contribution in [2.75, 3.05) is 0 Å². The SMILES string of the molecule is c1ccc(-c2nc(-c3ccc(-n4c5ccccc5c5cc6ccccc6cc54)c(-c4ccccc4)c3)nc(-c3ccc4c(c3)sc3ccccc34)n2)cc1. The van der Waals surface area contributed by atoms with Crippen molar-refractivity contribution >= 4 is 64.1 Å². The van der Waals surface area contributed by atoms with Crippen molar-refractivity contribution in [2.24, 2.45) is 0 Å². The molecule has 0 aliphatic carbocycles. The Balaban J connectivity index is 1.14. The zero-order chi connectivity index (χ0) is 35.6. The molecule has 5 heteroatoms. The average molecular weight is 707 g/mol. The van der Waals surface area contributed by atoms with Crippen molar-refractivity contribution < 1.29 is 0 Å². The Morgan fingerprint density at radius 2 is 0.926 bits per heavy atom. The number of hydrogen-bond acceptors (Lipinski definition) is 4. The van der Waals surface area contributed by atoms with Gasteiger partial charge in [-0.2, -0.15) is 0 Å². The van der Waals surface area contributed by atoms with Gasteiger partial charge in [0.25, 0.3) is 0 Å². The molecule has 0 saturated carbocycles. The van der Waals surface area contributed by atoms with Crippen molar-refractivity contribution in [3.63, 3.8) is 0 Å². The molecule has 0 spiro atoms. The van der Waals surface area contributed by atoms with Crippen LogP contribution in [0.15, 0.2) is 182 Å². The smallest absolute Gasteiger partial charge is 0.164 e. The van der Waals surface area contributed by atoms with E-state index in [1.165, 1.54) is 47.2 Å². The molecule has 0 fully saturated rings. The summed E-state index contributed by atoms with van der Waals surface area (Å²) < 4.78 is 4.90. The van der Waals surface area contributed by atoms with Gasteiger partial charge >= 0.3 is 0 Å². The van der Waals surface area contributed by atoms with Gasteiger partial charge in [-0.15, -0.1) is 11.3 Å². The molecular formula is C49H30N4S. The summed E-state index contributed by atoms with van der Waals surface area (Å²) in [6, 6.07) is 64.6. The summed E-state index contributed by atoms with van der Waals surface area (Å²) >= 11 is 1.80. The molecule has 252 valence electrons. The fourth-order valence-corrected chi connectivity index (χ4v) is 8.99. The van der Waals surface area contributed by atoms with Gasteiger partial charge in [-0.1, -0.05) is 133 Å². The first-order valence-electron chi connectivity index (χ1n) is 18.1. The number of benzene rings is 8. The van der Waals surface area contributed by atoms with E-state index < -0.39 is 0 Å². The lowest BCUT2D eigenvalue weighted by Gasteiger charge is -2.16. The minimum absolute atomic E-state index is 0.632. The Hall–Kier alpha value is -6.95. The molecule has 0 aliphatic rings. The van der Waals surface area contributed by atoms with Crippen molar-refractivity contribution in [3.05, 3.63) is 182 Å². The van der Waals surface area contributed by atoms with E-state index in [1.54, 1.807) is 11.3 Å². The fraction of sp³-hybridized carbons (Fsp3) is 0. The van der Waals surface area contributed by atoms with Gasteiger partial charge in [0.15, 0.2) is 17.5 Å². The maximum absolute atomic E-state index is 5.20. The van der Waals surface area contributed by atoms with Gasteiger partial charge in [0.2, 0.25) is 0 Å². The molecule has 54 heavy (non-hydrogen) atoms. The molecule has 3 heterocycles. The predicted molar refractivity (Wildman–Crippen MR) is 226 cm³/mol. The highest BCUT2D eigenvalue weighted by atomic mass is 32.1. The minimum Gasteiger partial charge on any atom is -0.309 e. The Labute approximate surface area is 315 Å². The van der Waals surface area contributed by atoms with Crippen LogP contribution in [0.1, 0.15) is 0 Å². The summed E-state index contributed by atoms with van der Waals surface area (Å²) in [5, 5.41) is 7.43. The van der Waals surface area contributed by atoms with Gasteiger partial charge in [-0.25, -0.2) is 15.0 Å². The lowest BCUT2D eigenvalue weighted by molar-refractivity contribution is 1.07. The first-order chi connectivity index (χ1) is 26.7. The van der Waals surface area contributed by atoms with Crippen LogP contribution in [0.4, 0.5) is 0 Å². The summed E-state index contributed by atoms with van der Waals surface area (Å²) in [5.74, 6) is 1.93. The normalized spacial score (nSPS) is 11.7. The van der Waals surface area contributed by atoms with Crippen LogP contribution < -0.4 is 0 Å². The molecule has 0 saturated heterocycles. The summed E-state index contributed by atoms with van der Waals surface area (Å²) in [4.78, 5) is 15.4. The number of rotatable bonds is 5. The third-order valence-corrected chi connectivity index (χ3v) is 11.6. The Morgan fingerprint density at radius 1 is 0.352 bits per heavy atom. The number of aromatic nitrogens is 4. The van der Waals surface area contributed by atoms with Gasteiger partial charge in [0, 0.05) is 53.2 Å². The standard InChI is InChI=1S/C49H30N4S/c1-3-13-31(14-4-1)40-28-35(24-26-43(40)53-42-21-11-9-19-37(42)41-27-33-17-7-8-18-34(33)29-44(41)53)48-50-47(32-15-5-2-6-16-32)51-49(52-48)36-23-25-39-38-20-10-12-22-45(38)54-46(39)30-36/h1-30H. The minimum atomic E-state index is 0.632. The Morgan fingerprint density at radius 3 is 1.70 bits per heavy atom. The molecule has 0 bridgehead atoms. The van der Waals surface area contributed by atoms with E-state index >= 15 is 0 Å². The van der Waals surface area contributed by atoms with Crippen LogP contribution in [0.5, 0.6) is 0 Å². The van der Waals surface area contributed by atoms with Crippen LogP contribution in [0.25, 0.3) is 104 Å². The number of thiophene rings is 1. The van der Waals surface area contributed by atoms with E-state index in [9.17, 15) is 0 Å². The van der Waals surface area contributed by atoms with Crippen molar-refractivity contribution in [1.82, 2.24) is 19.5 Å². The molecular weight excluding hydrogens is 677 g/mol. The number of nitrogens with zero attached hydrogens (tertiary/aromatic N) is 4. The first kappa shape index (κ1) is 30.7. The number of fused-ring (bicyclic) bond motifs is 7. The van der Waals surface area contributed by atoms with Gasteiger partial charge in [0.1, 0.15) is 0 Å². The molecule has 11 rings (SSSR count). The van der Waals surface area contributed by atoms with Crippen molar-refractivity contribution in [1.29, 1.82) is 0 Å². The van der Waals surface area contributed by atoms with E-state index in [0.29, 0.717) is 17.5 Å². The summed E-state index contributed by atoms with van der Waals surface area (Å²) in [6.45, 7) is 0. The summed E-state index contributed by atoms with van der Waals surface area (Å²) in [5.41, 5.74) is 8.48. The second-order valence-electron chi connectivity index (χ2n) is 13.6. The van der Waals surface area contributed by atoms with E-state index in [2.05, 4.69) is 168 Å². The van der Waals surface area contributed by atoms with E-state index in [-0.39, 0.29) is 0 Å². The number of para-hydroxylation sites is 1. The van der Waals surface area contributed by atoms with Crippen LogP contribution in [-0.2, 0) is 0 Å². The Bertz CT molecular complexity index is 3220. The third kappa shape index (κ3) is 5.01. The van der Waals surface area contributed by atoms with E-state index in [1.807, 2.05) is 18.2 Å². The van der Waals surface area contributed by atoms with Crippen LogP contribution in [-0.4, -0.2) is 19.5 Å². The van der Waals surface area contributed by atoms with Crippen LogP contribution in [0, 0.1) is 0 Å². The molecule has 0 radical (unpaired) electrons. The summed E-state index contributed by atoms with van der Waals surface area (Å²) in [7, 11) is 0. The monoisotopic (exact) mass is 706 g/mol. The molecule has 0 N–H and O–H groups in total. The maximum atomic E-state index is 5.20. The average Bonchev–Trinajstić information content (AvgIpc) is 3.78. The van der Waals surface area contributed by atoms with Gasteiger partial charge in [0.05, 0.1) is 16.7 Å². The molecule has 0 amide bonds. The number of hydrogen-bond donors (Lipinski definition) is 0. The zero-order valence-electron chi connectivity index (χ0n) is 29.0. The largest absolute Gasteiger partial charge is 0.309 e.